The van der Waals surface area contributed by atoms with Gasteiger partial charge >= 0.3 is 0 Å². The van der Waals surface area contributed by atoms with Gasteiger partial charge in [0.25, 0.3) is 0 Å². The Balaban J connectivity index is 1.61. The largest absolute Gasteiger partial charge is 0.374 e. The van der Waals surface area contributed by atoms with Gasteiger partial charge in [0, 0.05) is 18.4 Å². The van der Waals surface area contributed by atoms with E-state index >= 15 is 0 Å². The molecule has 104 valence electrons. The zero-order valence-electron chi connectivity index (χ0n) is 11.6. The van der Waals surface area contributed by atoms with Crippen molar-refractivity contribution in [3.63, 3.8) is 0 Å². The average Bonchev–Trinajstić information content (AvgIpc) is 3.10. The number of hydrogen-bond donors (Lipinski definition) is 1. The number of thioether (sulfide) groups is 1. The third-order valence-corrected chi connectivity index (χ3v) is 6.14. The number of nitrogens with one attached hydrogen (secondary N) is 1. The molecular formula is C15H27NOS. The number of ether oxygens (including phenoxy) is 1. The molecule has 2 aliphatic heterocycles. The standard InChI is InChI=1S/C15H27NOS/c1-2-16-14(9-12-3-4-12)13-5-7-17-15(10-13)6-8-18-11-15/h12-14,16H,2-11H2,1H3. The predicted molar refractivity (Wildman–Crippen MR) is 78.2 cm³/mol. The molecule has 3 aliphatic rings. The van der Waals surface area contributed by atoms with Gasteiger partial charge in [0.2, 0.25) is 0 Å². The average molecular weight is 269 g/mol. The van der Waals surface area contributed by atoms with Crippen molar-refractivity contribution in [1.29, 1.82) is 0 Å². The van der Waals surface area contributed by atoms with Crippen LogP contribution in [-0.2, 0) is 4.74 Å². The summed E-state index contributed by atoms with van der Waals surface area (Å²) in [5.74, 6) is 4.44. The van der Waals surface area contributed by atoms with Crippen LogP contribution in [0, 0.1) is 11.8 Å². The minimum Gasteiger partial charge on any atom is -0.374 e. The van der Waals surface area contributed by atoms with Crippen LogP contribution in [0.2, 0.25) is 0 Å². The molecule has 2 saturated heterocycles. The second kappa shape index (κ2) is 5.72. The summed E-state index contributed by atoms with van der Waals surface area (Å²) in [5.41, 5.74) is 0.255. The highest BCUT2D eigenvalue weighted by Gasteiger charge is 2.43. The Labute approximate surface area is 116 Å². The van der Waals surface area contributed by atoms with Crippen LogP contribution in [0.4, 0.5) is 0 Å². The Morgan fingerprint density at radius 3 is 2.94 bits per heavy atom. The van der Waals surface area contributed by atoms with Gasteiger partial charge in [0.05, 0.1) is 5.60 Å². The molecule has 0 radical (unpaired) electrons. The molecule has 3 fully saturated rings. The molecule has 18 heavy (non-hydrogen) atoms. The maximum atomic E-state index is 6.16. The maximum Gasteiger partial charge on any atom is 0.0783 e. The highest BCUT2D eigenvalue weighted by atomic mass is 32.2. The zero-order valence-corrected chi connectivity index (χ0v) is 12.4. The minimum atomic E-state index is 0.255. The van der Waals surface area contributed by atoms with Gasteiger partial charge in [-0.1, -0.05) is 19.8 Å². The minimum absolute atomic E-state index is 0.255. The Morgan fingerprint density at radius 1 is 1.39 bits per heavy atom. The molecule has 2 heterocycles. The highest BCUT2D eigenvalue weighted by molar-refractivity contribution is 7.99. The van der Waals surface area contributed by atoms with E-state index in [4.69, 9.17) is 4.74 Å². The summed E-state index contributed by atoms with van der Waals surface area (Å²) in [6.07, 6.45) is 8.25. The van der Waals surface area contributed by atoms with E-state index in [9.17, 15) is 0 Å². The Bertz CT molecular complexity index is 274. The second-order valence-electron chi connectivity index (χ2n) is 6.43. The molecule has 0 aromatic rings. The molecule has 1 aliphatic carbocycles. The number of rotatable bonds is 5. The topological polar surface area (TPSA) is 21.3 Å². The lowest BCUT2D eigenvalue weighted by Gasteiger charge is -2.41. The van der Waals surface area contributed by atoms with E-state index in [0.717, 1.165) is 31.0 Å². The molecule has 0 bridgehead atoms. The fourth-order valence-electron chi connectivity index (χ4n) is 3.69. The van der Waals surface area contributed by atoms with E-state index < -0.39 is 0 Å². The molecule has 3 rings (SSSR count). The van der Waals surface area contributed by atoms with Crippen molar-refractivity contribution in [3.05, 3.63) is 0 Å². The van der Waals surface area contributed by atoms with Crippen molar-refractivity contribution in [3.8, 4) is 0 Å². The maximum absolute atomic E-state index is 6.16. The van der Waals surface area contributed by atoms with Crippen LogP contribution in [0.5, 0.6) is 0 Å². The zero-order chi connectivity index (χ0) is 12.4. The molecule has 0 aromatic heterocycles. The van der Waals surface area contributed by atoms with Gasteiger partial charge in [-0.15, -0.1) is 0 Å². The van der Waals surface area contributed by atoms with E-state index in [2.05, 4.69) is 24.0 Å². The van der Waals surface area contributed by atoms with Crippen LogP contribution in [-0.4, -0.2) is 36.3 Å². The lowest BCUT2D eigenvalue weighted by molar-refractivity contribution is -0.0856. The van der Waals surface area contributed by atoms with Crippen molar-refractivity contribution >= 4 is 11.8 Å². The highest BCUT2D eigenvalue weighted by Crippen LogP contribution is 2.43. The van der Waals surface area contributed by atoms with Crippen molar-refractivity contribution < 1.29 is 4.74 Å². The second-order valence-corrected chi connectivity index (χ2v) is 7.54. The van der Waals surface area contributed by atoms with Crippen molar-refractivity contribution in [2.24, 2.45) is 11.8 Å². The molecule has 0 aromatic carbocycles. The van der Waals surface area contributed by atoms with Crippen LogP contribution >= 0.6 is 11.8 Å². The Morgan fingerprint density at radius 2 is 2.28 bits per heavy atom. The molecule has 2 nitrogen and oxygen atoms in total. The number of hydrogen-bond acceptors (Lipinski definition) is 3. The Hall–Kier alpha value is 0.270. The van der Waals surface area contributed by atoms with Crippen LogP contribution in [0.15, 0.2) is 0 Å². The van der Waals surface area contributed by atoms with Crippen LogP contribution in [0.25, 0.3) is 0 Å². The fourth-order valence-corrected chi connectivity index (χ4v) is 5.07. The van der Waals surface area contributed by atoms with Gasteiger partial charge in [-0.05, 0) is 49.8 Å². The smallest absolute Gasteiger partial charge is 0.0783 e. The lowest BCUT2D eigenvalue weighted by Crippen LogP contribution is -2.47. The first-order chi connectivity index (χ1) is 8.81. The molecular weight excluding hydrogens is 242 g/mol. The van der Waals surface area contributed by atoms with Gasteiger partial charge in [0.15, 0.2) is 0 Å². The van der Waals surface area contributed by atoms with Crippen molar-refractivity contribution in [1.82, 2.24) is 5.32 Å². The summed E-state index contributed by atoms with van der Waals surface area (Å²) in [5, 5.41) is 3.77. The molecule has 3 unspecified atom stereocenters. The summed E-state index contributed by atoms with van der Waals surface area (Å²) in [6, 6.07) is 0.758. The van der Waals surface area contributed by atoms with Crippen molar-refractivity contribution in [2.75, 3.05) is 24.7 Å². The third kappa shape index (κ3) is 3.05. The third-order valence-electron chi connectivity index (χ3n) is 4.92. The summed E-state index contributed by atoms with van der Waals surface area (Å²) in [4.78, 5) is 0. The first-order valence-electron chi connectivity index (χ1n) is 7.76. The van der Waals surface area contributed by atoms with Crippen LogP contribution in [0.1, 0.15) is 45.4 Å². The molecule has 3 atom stereocenters. The SMILES string of the molecule is CCNC(CC1CC1)C1CCOC2(CCSC2)C1. The fraction of sp³-hybridized carbons (Fsp3) is 1.00. The van der Waals surface area contributed by atoms with Gasteiger partial charge in [-0.2, -0.15) is 11.8 Å². The van der Waals surface area contributed by atoms with E-state index in [1.54, 1.807) is 0 Å². The molecule has 1 spiro atoms. The summed E-state index contributed by atoms with van der Waals surface area (Å²) in [7, 11) is 0. The van der Waals surface area contributed by atoms with E-state index in [-0.39, 0.29) is 5.60 Å². The molecule has 0 amide bonds. The Kier molecular flexibility index (Phi) is 4.21. The van der Waals surface area contributed by atoms with Gasteiger partial charge < -0.3 is 10.1 Å². The lowest BCUT2D eigenvalue weighted by atomic mass is 9.79. The summed E-state index contributed by atoms with van der Waals surface area (Å²) < 4.78 is 6.16. The van der Waals surface area contributed by atoms with Gasteiger partial charge in [-0.3, -0.25) is 0 Å². The summed E-state index contributed by atoms with van der Waals surface area (Å²) >= 11 is 2.09. The quantitative estimate of drug-likeness (QED) is 0.829. The van der Waals surface area contributed by atoms with E-state index in [1.807, 2.05) is 0 Å². The van der Waals surface area contributed by atoms with Crippen LogP contribution < -0.4 is 5.32 Å². The predicted octanol–water partition coefficient (Wildman–Crippen LogP) is 3.07. The monoisotopic (exact) mass is 269 g/mol. The first kappa shape index (κ1) is 13.3. The molecule has 3 heteroatoms. The summed E-state index contributed by atoms with van der Waals surface area (Å²) in [6.45, 7) is 4.37. The van der Waals surface area contributed by atoms with Gasteiger partial charge in [0.1, 0.15) is 0 Å². The normalized spacial score (nSPS) is 38.2. The first-order valence-corrected chi connectivity index (χ1v) is 8.92. The van der Waals surface area contributed by atoms with E-state index in [1.165, 1.54) is 50.0 Å². The van der Waals surface area contributed by atoms with Crippen molar-refractivity contribution in [2.45, 2.75) is 57.1 Å². The van der Waals surface area contributed by atoms with Crippen LogP contribution in [0.3, 0.4) is 0 Å². The van der Waals surface area contributed by atoms with Gasteiger partial charge in [-0.25, -0.2) is 0 Å². The van der Waals surface area contributed by atoms with E-state index in [0.29, 0.717) is 0 Å². The molecule has 1 saturated carbocycles. The molecule has 1 N–H and O–H groups in total.